The van der Waals surface area contributed by atoms with Gasteiger partial charge >= 0.3 is 0 Å². The van der Waals surface area contributed by atoms with Gasteiger partial charge in [0, 0.05) is 24.2 Å². The molecule has 0 aliphatic heterocycles. The summed E-state index contributed by atoms with van der Waals surface area (Å²) in [5, 5.41) is 2.42. The molecule has 2 heterocycles. The zero-order valence-corrected chi connectivity index (χ0v) is 14.7. The predicted octanol–water partition coefficient (Wildman–Crippen LogP) is 4.35. The molecule has 0 N–H and O–H groups in total. The molecule has 124 valence electrons. The van der Waals surface area contributed by atoms with Gasteiger partial charge in [-0.25, -0.2) is 4.99 Å². The van der Waals surface area contributed by atoms with E-state index in [4.69, 9.17) is 4.99 Å². The lowest BCUT2D eigenvalue weighted by Crippen LogP contribution is -2.32. The van der Waals surface area contributed by atoms with Crippen molar-refractivity contribution in [2.75, 3.05) is 0 Å². The molecule has 0 aliphatic rings. The first-order valence-corrected chi connectivity index (χ1v) is 8.86. The fourth-order valence-corrected chi connectivity index (χ4v) is 3.45. The highest BCUT2D eigenvalue weighted by atomic mass is 15.0. The van der Waals surface area contributed by atoms with E-state index in [9.17, 15) is 0 Å². The maximum Gasteiger partial charge on any atom is 0.214 e. The van der Waals surface area contributed by atoms with Crippen molar-refractivity contribution in [1.82, 2.24) is 4.57 Å². The highest BCUT2D eigenvalue weighted by Crippen LogP contribution is 2.22. The summed E-state index contributed by atoms with van der Waals surface area (Å²) >= 11 is 0. The van der Waals surface area contributed by atoms with Gasteiger partial charge in [-0.1, -0.05) is 30.3 Å². The molecule has 0 aliphatic carbocycles. The van der Waals surface area contributed by atoms with E-state index in [0.29, 0.717) is 0 Å². The Balaban J connectivity index is 2.01. The Bertz CT molecular complexity index is 1120. The summed E-state index contributed by atoms with van der Waals surface area (Å²) in [7, 11) is 0. The van der Waals surface area contributed by atoms with Crippen LogP contribution >= 0.6 is 0 Å². The lowest BCUT2D eigenvalue weighted by Gasteiger charge is -2.10. The van der Waals surface area contributed by atoms with E-state index in [0.717, 1.165) is 24.3 Å². The number of pyridine rings is 2. The second kappa shape index (κ2) is 6.52. The molecule has 4 rings (SSSR count). The summed E-state index contributed by atoms with van der Waals surface area (Å²) < 4.78 is 4.52. The molecule has 3 nitrogen and oxygen atoms in total. The van der Waals surface area contributed by atoms with E-state index in [2.05, 4.69) is 95.9 Å². The van der Waals surface area contributed by atoms with Gasteiger partial charge in [0.25, 0.3) is 0 Å². The normalized spacial score (nSPS) is 12.2. The van der Waals surface area contributed by atoms with Crippen LogP contribution in [0.3, 0.4) is 0 Å². The molecule has 0 spiro atoms. The maximum absolute atomic E-state index is 5.02. The van der Waals surface area contributed by atoms with Crippen molar-refractivity contribution in [3.63, 3.8) is 0 Å². The molecule has 4 aromatic rings. The monoisotopic (exact) mass is 328 g/mol. The number of aromatic nitrogens is 2. The van der Waals surface area contributed by atoms with Crippen LogP contribution in [0.1, 0.15) is 13.8 Å². The van der Waals surface area contributed by atoms with Crippen LogP contribution < -0.4 is 10.1 Å². The largest absolute Gasteiger partial charge is 0.326 e. The molecule has 0 fully saturated rings. The summed E-state index contributed by atoms with van der Waals surface area (Å²) in [5.74, 6) is 0. The van der Waals surface area contributed by atoms with E-state index in [1.165, 1.54) is 21.8 Å². The van der Waals surface area contributed by atoms with Gasteiger partial charge in [0.2, 0.25) is 5.52 Å². The molecular weight excluding hydrogens is 306 g/mol. The summed E-state index contributed by atoms with van der Waals surface area (Å²) in [5.41, 5.74) is 4.43. The smallest absolute Gasteiger partial charge is 0.214 e. The third-order valence-corrected chi connectivity index (χ3v) is 4.71. The fraction of sp³-hybridized carbons (Fsp3) is 0.182. The highest BCUT2D eigenvalue weighted by Gasteiger charge is 2.10. The Kier molecular flexibility index (Phi) is 4.06. The molecule has 0 radical (unpaired) electrons. The minimum absolute atomic E-state index is 0.889. The molecule has 0 amide bonds. The third-order valence-electron chi connectivity index (χ3n) is 4.71. The Hall–Kier alpha value is -2.94. The van der Waals surface area contributed by atoms with Crippen LogP contribution in [0, 0.1) is 0 Å². The van der Waals surface area contributed by atoms with Crippen molar-refractivity contribution >= 4 is 27.5 Å². The lowest BCUT2D eigenvalue weighted by atomic mass is 10.2. The van der Waals surface area contributed by atoms with Gasteiger partial charge in [-0.3, -0.25) is 0 Å². The molecule has 0 atom stereocenters. The number of para-hydroxylation sites is 2. The predicted molar refractivity (Wildman–Crippen MR) is 103 cm³/mol. The van der Waals surface area contributed by atoms with Gasteiger partial charge < -0.3 is 4.57 Å². The quantitative estimate of drug-likeness (QED) is 0.499. The minimum atomic E-state index is 0.889. The van der Waals surface area contributed by atoms with Crippen LogP contribution in [-0.4, -0.2) is 4.57 Å². The first-order chi connectivity index (χ1) is 12.3. The number of hydrogen-bond donors (Lipinski definition) is 0. The minimum Gasteiger partial charge on any atom is -0.326 e. The topological polar surface area (TPSA) is 21.2 Å². The zero-order chi connectivity index (χ0) is 17.2. The van der Waals surface area contributed by atoms with Crippen LogP contribution in [0.15, 0.2) is 77.9 Å². The SMILES string of the molecule is CCn1c(=Nc2cc[n+](CC)c3ccccc23)ccc2ccccc21. The first-order valence-electron chi connectivity index (χ1n) is 8.86. The molecule has 0 saturated carbocycles. The second-order valence-corrected chi connectivity index (χ2v) is 6.11. The summed E-state index contributed by atoms with van der Waals surface area (Å²) in [4.78, 5) is 5.02. The van der Waals surface area contributed by atoms with Gasteiger partial charge in [0.15, 0.2) is 6.20 Å². The van der Waals surface area contributed by atoms with Crippen LogP contribution in [0.5, 0.6) is 0 Å². The lowest BCUT2D eigenvalue weighted by molar-refractivity contribution is -0.667. The Morgan fingerprint density at radius 1 is 0.880 bits per heavy atom. The van der Waals surface area contributed by atoms with Crippen molar-refractivity contribution in [2.45, 2.75) is 26.9 Å². The van der Waals surface area contributed by atoms with Crippen LogP contribution in [0.2, 0.25) is 0 Å². The molecule has 25 heavy (non-hydrogen) atoms. The van der Waals surface area contributed by atoms with Gasteiger partial charge in [-0.05, 0) is 43.5 Å². The van der Waals surface area contributed by atoms with E-state index < -0.39 is 0 Å². The molecule has 0 unspecified atom stereocenters. The third kappa shape index (κ3) is 2.72. The van der Waals surface area contributed by atoms with Crippen molar-refractivity contribution < 1.29 is 4.57 Å². The first kappa shape index (κ1) is 15.6. The van der Waals surface area contributed by atoms with Crippen LogP contribution in [0.4, 0.5) is 5.69 Å². The zero-order valence-electron chi connectivity index (χ0n) is 14.7. The van der Waals surface area contributed by atoms with Gasteiger partial charge in [-0.15, -0.1) is 0 Å². The Morgan fingerprint density at radius 3 is 2.52 bits per heavy atom. The average molecular weight is 328 g/mol. The van der Waals surface area contributed by atoms with E-state index in [1.807, 2.05) is 0 Å². The number of benzene rings is 2. The molecule has 2 aromatic carbocycles. The number of fused-ring (bicyclic) bond motifs is 2. The Labute approximate surface area is 147 Å². The Morgan fingerprint density at radius 2 is 1.68 bits per heavy atom. The molecule has 2 aromatic heterocycles. The van der Waals surface area contributed by atoms with E-state index in [1.54, 1.807) is 0 Å². The van der Waals surface area contributed by atoms with E-state index >= 15 is 0 Å². The molecule has 0 saturated heterocycles. The maximum atomic E-state index is 5.02. The standard InChI is InChI=1S/C22H22N3/c1-3-24-16-15-19(18-10-6-8-12-21(18)24)23-22-14-13-17-9-5-7-11-20(17)25(22)4-2/h5-16H,3-4H2,1-2H3/q+1. The van der Waals surface area contributed by atoms with Crippen molar-refractivity contribution in [1.29, 1.82) is 0 Å². The average Bonchev–Trinajstić information content (AvgIpc) is 2.68. The number of rotatable bonds is 3. The molecular formula is C22H22N3+. The second-order valence-electron chi connectivity index (χ2n) is 6.11. The van der Waals surface area contributed by atoms with Crippen molar-refractivity contribution in [2.24, 2.45) is 4.99 Å². The van der Waals surface area contributed by atoms with Crippen molar-refractivity contribution in [3.05, 3.63) is 78.4 Å². The summed E-state index contributed by atoms with van der Waals surface area (Å²) in [6.07, 6.45) is 2.12. The van der Waals surface area contributed by atoms with Gasteiger partial charge in [0.1, 0.15) is 12.0 Å². The van der Waals surface area contributed by atoms with Gasteiger partial charge in [-0.2, -0.15) is 4.57 Å². The van der Waals surface area contributed by atoms with Gasteiger partial charge in [0.05, 0.1) is 11.1 Å². The van der Waals surface area contributed by atoms with Crippen LogP contribution in [0.25, 0.3) is 21.8 Å². The fourth-order valence-electron chi connectivity index (χ4n) is 3.45. The number of hydrogen-bond acceptors (Lipinski definition) is 1. The number of nitrogens with zero attached hydrogens (tertiary/aromatic N) is 3. The highest BCUT2D eigenvalue weighted by molar-refractivity contribution is 5.87. The van der Waals surface area contributed by atoms with Crippen molar-refractivity contribution in [3.8, 4) is 0 Å². The summed E-state index contributed by atoms with van der Waals surface area (Å²) in [6, 6.07) is 23.3. The van der Waals surface area contributed by atoms with Crippen LogP contribution in [-0.2, 0) is 13.1 Å². The van der Waals surface area contributed by atoms with E-state index in [-0.39, 0.29) is 0 Å². The molecule has 0 bridgehead atoms. The molecule has 3 heteroatoms. The summed E-state index contributed by atoms with van der Waals surface area (Å²) in [6.45, 7) is 6.17. The number of aryl methyl sites for hydroxylation is 2.